The number of hydrogen-bond donors (Lipinski definition) is 3. The second kappa shape index (κ2) is 6.23. The number of methoxy groups -OCH3 is 1. The van der Waals surface area contributed by atoms with Crippen LogP contribution in [-0.4, -0.2) is 102 Å². The van der Waals surface area contributed by atoms with E-state index in [-0.39, 0.29) is 37.2 Å². The highest BCUT2D eigenvalue weighted by Crippen LogP contribution is 2.70. The molecule has 12 heteroatoms. The smallest absolute Gasteiger partial charge is 0.261 e. The molecule has 0 aromatic rings. The SMILES string of the molecule is COC1CC(=O)C2CC34SSC5(CC6C(=O)CC(O)C(O)C6N5C3=O)C(=O)N4C2C1O. The van der Waals surface area contributed by atoms with Crippen molar-refractivity contribution in [3.63, 3.8) is 0 Å². The van der Waals surface area contributed by atoms with Crippen molar-refractivity contribution in [2.45, 2.75) is 71.9 Å². The van der Waals surface area contributed by atoms with E-state index in [1.165, 1.54) is 38.5 Å². The molecule has 0 aromatic carbocycles. The first-order valence-electron chi connectivity index (χ1n) is 10.3. The molecule has 2 saturated carbocycles. The summed E-state index contributed by atoms with van der Waals surface area (Å²) in [5.41, 5.74) is 0. The molecule has 0 aromatic heterocycles. The van der Waals surface area contributed by atoms with Crippen molar-refractivity contribution in [1.82, 2.24) is 9.80 Å². The van der Waals surface area contributed by atoms with Crippen molar-refractivity contribution >= 4 is 45.0 Å². The lowest BCUT2D eigenvalue weighted by atomic mass is 9.79. The van der Waals surface area contributed by atoms with Gasteiger partial charge in [-0.3, -0.25) is 19.2 Å². The van der Waals surface area contributed by atoms with E-state index in [2.05, 4.69) is 0 Å². The van der Waals surface area contributed by atoms with Crippen LogP contribution in [0.25, 0.3) is 0 Å². The number of ether oxygens (including phenoxy) is 1. The van der Waals surface area contributed by atoms with E-state index < -0.39 is 69.9 Å². The number of hydrogen-bond acceptors (Lipinski definition) is 10. The third-order valence-electron chi connectivity index (χ3n) is 8.03. The molecule has 10 unspecified atom stereocenters. The summed E-state index contributed by atoms with van der Waals surface area (Å²) < 4.78 is 5.28. The van der Waals surface area contributed by atoms with E-state index >= 15 is 0 Å². The molecular weight excluding hydrogens is 448 g/mol. The van der Waals surface area contributed by atoms with Gasteiger partial charge in [-0.05, 0) is 0 Å². The van der Waals surface area contributed by atoms with Gasteiger partial charge in [-0.25, -0.2) is 0 Å². The number of ketones is 2. The second-order valence-electron chi connectivity index (χ2n) is 9.35. The molecule has 3 N–H and O–H groups in total. The Morgan fingerprint density at radius 1 is 0.839 bits per heavy atom. The summed E-state index contributed by atoms with van der Waals surface area (Å²) in [6.07, 6.45) is -4.58. The molecule has 7 rings (SSSR count). The molecule has 5 aliphatic heterocycles. The van der Waals surface area contributed by atoms with Crippen LogP contribution >= 0.6 is 21.6 Å². The summed E-state index contributed by atoms with van der Waals surface area (Å²) in [7, 11) is 3.80. The lowest BCUT2D eigenvalue weighted by Gasteiger charge is -2.59. The number of Topliss-reactive ketones (excluding diaryl/α,β-unsaturated/α-hetero) is 2. The molecule has 2 bridgehead atoms. The monoisotopic (exact) mass is 470 g/mol. The Kier molecular flexibility index (Phi) is 4.11. The van der Waals surface area contributed by atoms with Gasteiger partial charge in [0.15, 0.2) is 9.74 Å². The zero-order chi connectivity index (χ0) is 22.0. The molecule has 0 radical (unpaired) electrons. The van der Waals surface area contributed by atoms with Gasteiger partial charge in [-0.2, -0.15) is 0 Å². The van der Waals surface area contributed by atoms with E-state index in [4.69, 9.17) is 4.74 Å². The van der Waals surface area contributed by atoms with Crippen molar-refractivity contribution in [1.29, 1.82) is 0 Å². The Labute approximate surface area is 185 Å². The van der Waals surface area contributed by atoms with Gasteiger partial charge < -0.3 is 29.9 Å². The van der Waals surface area contributed by atoms with Crippen molar-refractivity contribution < 1.29 is 39.2 Å². The van der Waals surface area contributed by atoms with Crippen LogP contribution in [-0.2, 0) is 23.9 Å². The molecule has 7 aliphatic rings. The highest BCUT2D eigenvalue weighted by Gasteiger charge is 2.80. The minimum absolute atomic E-state index is 0.0158. The molecule has 2 spiro atoms. The third-order valence-corrected chi connectivity index (χ3v) is 11.6. The Balaban J connectivity index is 1.48. The number of aliphatic hydroxyl groups excluding tert-OH is 3. The van der Waals surface area contributed by atoms with Crippen molar-refractivity contribution in [2.75, 3.05) is 7.11 Å². The van der Waals surface area contributed by atoms with Gasteiger partial charge in [0.1, 0.15) is 23.8 Å². The Morgan fingerprint density at radius 3 is 1.84 bits per heavy atom. The van der Waals surface area contributed by atoms with E-state index in [0.717, 1.165) is 0 Å². The van der Waals surface area contributed by atoms with Crippen LogP contribution in [0.3, 0.4) is 0 Å². The van der Waals surface area contributed by atoms with Crippen LogP contribution < -0.4 is 0 Å². The van der Waals surface area contributed by atoms with Crippen LogP contribution in [0.15, 0.2) is 0 Å². The summed E-state index contributed by atoms with van der Waals surface area (Å²) in [5, 5.41) is 31.8. The first-order chi connectivity index (χ1) is 14.7. The number of amides is 2. The summed E-state index contributed by atoms with van der Waals surface area (Å²) in [4.78, 5) is 53.2. The maximum atomic E-state index is 13.9. The molecule has 5 saturated heterocycles. The van der Waals surface area contributed by atoms with Crippen molar-refractivity contribution in [3.8, 4) is 0 Å². The Hall–Kier alpha value is -1.18. The van der Waals surface area contributed by atoms with Gasteiger partial charge in [0, 0.05) is 44.6 Å². The van der Waals surface area contributed by atoms with E-state index in [0.29, 0.717) is 0 Å². The summed E-state index contributed by atoms with van der Waals surface area (Å²) in [6, 6.07) is -1.85. The zero-order valence-electron chi connectivity index (χ0n) is 16.5. The molecule has 5 heterocycles. The minimum atomic E-state index is -1.41. The molecule has 7 fully saturated rings. The van der Waals surface area contributed by atoms with E-state index in [1.54, 1.807) is 0 Å². The number of nitrogens with zero attached hydrogens (tertiary/aromatic N) is 2. The largest absolute Gasteiger partial charge is 0.390 e. The predicted molar refractivity (Wildman–Crippen MR) is 106 cm³/mol. The molecule has 2 amide bonds. The van der Waals surface area contributed by atoms with Crippen LogP contribution in [0, 0.1) is 11.8 Å². The van der Waals surface area contributed by atoms with Gasteiger partial charge >= 0.3 is 0 Å². The summed E-state index contributed by atoms with van der Waals surface area (Å²) >= 11 is 0. The molecule has 10 atom stereocenters. The van der Waals surface area contributed by atoms with Crippen molar-refractivity contribution in [3.05, 3.63) is 0 Å². The van der Waals surface area contributed by atoms with Crippen molar-refractivity contribution in [2.24, 2.45) is 11.8 Å². The number of fused-ring (bicyclic) bond motifs is 3. The van der Waals surface area contributed by atoms with Crippen LogP contribution in [0.1, 0.15) is 25.7 Å². The fourth-order valence-corrected chi connectivity index (χ4v) is 10.4. The van der Waals surface area contributed by atoms with Gasteiger partial charge in [-0.15, -0.1) is 0 Å². The lowest BCUT2D eigenvalue weighted by molar-refractivity contribution is -0.176. The maximum Gasteiger partial charge on any atom is 0.261 e. The van der Waals surface area contributed by atoms with Gasteiger partial charge in [0.05, 0.1) is 24.3 Å². The normalized spacial score (nSPS) is 52.9. The van der Waals surface area contributed by atoms with Crippen LogP contribution in [0.4, 0.5) is 0 Å². The fourth-order valence-electron chi connectivity index (χ4n) is 6.60. The number of carbonyl (C=O) groups excluding carboxylic acids is 4. The highest BCUT2D eigenvalue weighted by molar-refractivity contribution is 8.78. The summed E-state index contributed by atoms with van der Waals surface area (Å²) in [6.45, 7) is 0. The van der Waals surface area contributed by atoms with E-state index in [9.17, 15) is 34.5 Å². The number of piperazine rings is 1. The number of rotatable bonds is 1. The summed E-state index contributed by atoms with van der Waals surface area (Å²) in [5.74, 6) is -2.71. The quantitative estimate of drug-likeness (QED) is 0.378. The molecule has 168 valence electrons. The average molecular weight is 471 g/mol. The Morgan fingerprint density at radius 2 is 1.32 bits per heavy atom. The van der Waals surface area contributed by atoms with Gasteiger partial charge in [0.25, 0.3) is 11.8 Å². The van der Waals surface area contributed by atoms with E-state index in [1.807, 2.05) is 0 Å². The first kappa shape index (κ1) is 20.4. The number of aliphatic hydroxyl groups is 3. The van der Waals surface area contributed by atoms with Gasteiger partial charge in [-0.1, -0.05) is 21.6 Å². The maximum absolute atomic E-state index is 13.9. The molecule has 2 aliphatic carbocycles. The molecular formula is C19H22N2O8S2. The average Bonchev–Trinajstić information content (AvgIpc) is 3.28. The third kappa shape index (κ3) is 2.17. The lowest BCUT2D eigenvalue weighted by Crippen LogP contribution is -2.78. The number of carbonyl (C=O) groups is 4. The van der Waals surface area contributed by atoms with Crippen LogP contribution in [0.2, 0.25) is 0 Å². The zero-order valence-corrected chi connectivity index (χ0v) is 18.2. The molecule has 10 nitrogen and oxygen atoms in total. The van der Waals surface area contributed by atoms with Crippen LogP contribution in [0.5, 0.6) is 0 Å². The topological polar surface area (TPSA) is 145 Å². The minimum Gasteiger partial charge on any atom is -0.390 e. The fraction of sp³-hybridized carbons (Fsp3) is 0.789. The first-order valence-corrected chi connectivity index (χ1v) is 12.5. The predicted octanol–water partition coefficient (Wildman–Crippen LogP) is -1.73. The highest BCUT2D eigenvalue weighted by atomic mass is 33.1. The second-order valence-corrected chi connectivity index (χ2v) is 12.0. The Bertz CT molecular complexity index is 933. The van der Waals surface area contributed by atoms with Gasteiger partial charge in [0.2, 0.25) is 0 Å². The molecule has 31 heavy (non-hydrogen) atoms. The standard InChI is InChI=1S/C19H22N2O8S2/c1-29-11-3-9(23)7-5-19-16(27)20-12-6(8(22)2-10(24)14(12)25)4-18(20,30-31-19)17(28)21(19)13(7)15(11)26/h6-7,10-15,24-26H,2-5H2,1H3.